The van der Waals surface area contributed by atoms with E-state index in [9.17, 15) is 9.59 Å². The molecule has 2 aliphatic heterocycles. The van der Waals surface area contributed by atoms with Crippen LogP contribution in [0.2, 0.25) is 0 Å². The van der Waals surface area contributed by atoms with Gasteiger partial charge in [-0.25, -0.2) is 4.79 Å². The van der Waals surface area contributed by atoms with E-state index in [0.29, 0.717) is 38.2 Å². The lowest BCUT2D eigenvalue weighted by molar-refractivity contribution is -0.129. The van der Waals surface area contributed by atoms with Gasteiger partial charge in [-0.15, -0.1) is 12.4 Å². The van der Waals surface area contributed by atoms with Gasteiger partial charge in [0.2, 0.25) is 3.79 Å². The number of ether oxygens (including phenoxy) is 2. The van der Waals surface area contributed by atoms with Gasteiger partial charge in [0.05, 0.1) is 18.7 Å². The van der Waals surface area contributed by atoms with Crippen LogP contribution in [0.3, 0.4) is 0 Å². The van der Waals surface area contributed by atoms with Crippen molar-refractivity contribution in [2.75, 3.05) is 19.7 Å². The Kier molecular flexibility index (Phi) is 12.5. The van der Waals surface area contributed by atoms with Crippen LogP contribution in [0, 0.1) is 27.7 Å². The fourth-order valence-electron chi connectivity index (χ4n) is 7.12. The van der Waals surface area contributed by atoms with Crippen molar-refractivity contribution in [1.29, 1.82) is 0 Å². The van der Waals surface area contributed by atoms with Crippen LogP contribution in [0.4, 0.5) is 4.79 Å². The number of fused-ring (bicyclic) bond motifs is 2. The maximum Gasteiger partial charge on any atom is 0.411 e. The molecule has 2 atom stereocenters. The summed E-state index contributed by atoms with van der Waals surface area (Å²) in [5, 5.41) is 3.47. The van der Waals surface area contributed by atoms with Crippen molar-refractivity contribution < 1.29 is 19.1 Å². The Morgan fingerprint density at radius 1 is 0.904 bits per heavy atom. The summed E-state index contributed by atoms with van der Waals surface area (Å²) >= 11 is 18.7. The van der Waals surface area contributed by atoms with Crippen LogP contribution in [0.15, 0.2) is 66.2 Å². The molecule has 0 spiro atoms. The summed E-state index contributed by atoms with van der Waals surface area (Å²) in [6.45, 7) is 13.5. The Bertz CT molecular complexity index is 1820. The number of nitrogens with one attached hydrogen (secondary N) is 1. The average Bonchev–Trinajstić information content (AvgIpc) is 3.92. The van der Waals surface area contributed by atoms with Crippen molar-refractivity contribution in [1.82, 2.24) is 15.1 Å². The molecule has 2 heterocycles. The lowest BCUT2D eigenvalue weighted by Crippen LogP contribution is -2.64. The first-order valence-electron chi connectivity index (χ1n) is 17.8. The van der Waals surface area contributed by atoms with Gasteiger partial charge in [0.1, 0.15) is 5.75 Å². The first kappa shape index (κ1) is 40.2. The number of carbonyl (C=O) groups excluding carboxylic acids is 2. The summed E-state index contributed by atoms with van der Waals surface area (Å²) in [4.78, 5) is 32.7. The Morgan fingerprint density at radius 3 is 2.23 bits per heavy atom. The molecule has 280 valence electrons. The molecule has 0 radical (unpaired) electrons. The molecular formula is C41H49Cl4N3O4. The van der Waals surface area contributed by atoms with Crippen molar-refractivity contribution >= 4 is 64.8 Å². The van der Waals surface area contributed by atoms with Crippen LogP contribution in [0.5, 0.6) is 5.75 Å². The summed E-state index contributed by atoms with van der Waals surface area (Å²) in [5.41, 5.74) is 8.07. The van der Waals surface area contributed by atoms with Crippen LogP contribution in [0.1, 0.15) is 72.1 Å². The van der Waals surface area contributed by atoms with E-state index in [1.807, 2.05) is 17.0 Å². The topological polar surface area (TPSA) is 71.1 Å². The van der Waals surface area contributed by atoms with Gasteiger partial charge >= 0.3 is 6.09 Å². The van der Waals surface area contributed by atoms with E-state index in [1.54, 1.807) is 18.7 Å². The van der Waals surface area contributed by atoms with Gasteiger partial charge in [-0.2, -0.15) is 0 Å². The molecule has 2 amide bonds. The zero-order valence-electron chi connectivity index (χ0n) is 30.7. The second-order valence-corrected chi connectivity index (χ2v) is 17.0. The first-order chi connectivity index (χ1) is 24.2. The monoisotopic (exact) mass is 787 g/mol. The molecule has 3 aromatic carbocycles. The van der Waals surface area contributed by atoms with E-state index in [0.717, 1.165) is 58.4 Å². The maximum atomic E-state index is 15.0. The minimum atomic E-state index is -1.84. The predicted molar refractivity (Wildman–Crippen MR) is 213 cm³/mol. The number of hydrogen-bond donors (Lipinski definition) is 1. The molecule has 1 saturated heterocycles. The normalized spacial score (nSPS) is 18.8. The molecule has 52 heavy (non-hydrogen) atoms. The van der Waals surface area contributed by atoms with E-state index < -0.39 is 21.5 Å². The van der Waals surface area contributed by atoms with Gasteiger partial charge in [0.25, 0.3) is 5.91 Å². The number of aryl methyl sites for hydroxylation is 3. The van der Waals surface area contributed by atoms with E-state index >= 15 is 0 Å². The summed E-state index contributed by atoms with van der Waals surface area (Å²) in [5.74, 6) is 0.899. The van der Waals surface area contributed by atoms with Crippen LogP contribution >= 0.6 is 47.2 Å². The van der Waals surface area contributed by atoms with Crippen molar-refractivity contribution in [3.8, 4) is 5.75 Å². The summed E-state index contributed by atoms with van der Waals surface area (Å²) in [6, 6.07) is 20.2. The highest BCUT2D eigenvalue weighted by molar-refractivity contribution is 6.68. The predicted octanol–water partition coefficient (Wildman–Crippen LogP) is 9.24. The average molecular weight is 790 g/mol. The molecule has 3 aromatic rings. The van der Waals surface area contributed by atoms with Gasteiger partial charge in [-0.1, -0.05) is 95.5 Å². The highest BCUT2D eigenvalue weighted by atomic mass is 35.6. The van der Waals surface area contributed by atoms with Gasteiger partial charge < -0.3 is 19.7 Å². The Morgan fingerprint density at radius 2 is 1.58 bits per heavy atom. The molecule has 1 aliphatic carbocycles. The molecule has 2 bridgehead atoms. The quantitative estimate of drug-likeness (QED) is 0.208. The summed E-state index contributed by atoms with van der Waals surface area (Å²) in [6.07, 6.45) is 2.53. The lowest BCUT2D eigenvalue weighted by atomic mass is 9.81. The van der Waals surface area contributed by atoms with Gasteiger partial charge in [-0.3, -0.25) is 9.69 Å². The number of alkyl halides is 3. The number of piperazine rings is 1. The van der Waals surface area contributed by atoms with Gasteiger partial charge in [0.15, 0.2) is 5.60 Å². The third-order valence-corrected chi connectivity index (χ3v) is 12.0. The van der Waals surface area contributed by atoms with Gasteiger partial charge in [0, 0.05) is 37.7 Å². The summed E-state index contributed by atoms with van der Waals surface area (Å²) < 4.78 is 10.3. The molecule has 7 nitrogen and oxygen atoms in total. The molecule has 11 heteroatoms. The highest BCUT2D eigenvalue weighted by Crippen LogP contribution is 2.43. The first-order valence-corrected chi connectivity index (χ1v) is 19.0. The van der Waals surface area contributed by atoms with E-state index in [-0.39, 0.29) is 30.4 Å². The van der Waals surface area contributed by atoms with Crippen LogP contribution in [0.25, 0.3) is 5.57 Å². The fourth-order valence-corrected chi connectivity index (χ4v) is 7.23. The second kappa shape index (κ2) is 16.2. The van der Waals surface area contributed by atoms with Crippen molar-refractivity contribution in [2.24, 2.45) is 0 Å². The van der Waals surface area contributed by atoms with Crippen LogP contribution in [-0.2, 0) is 22.5 Å². The van der Waals surface area contributed by atoms with Crippen LogP contribution in [-0.4, -0.2) is 69.0 Å². The minimum absolute atomic E-state index is 0. The number of nitrogens with zero attached hydrogens (tertiary/aromatic N) is 2. The molecule has 3 aliphatic rings. The van der Waals surface area contributed by atoms with Crippen molar-refractivity contribution in [3.63, 3.8) is 0 Å². The number of halogens is 4. The maximum absolute atomic E-state index is 15.0. The largest absolute Gasteiger partial charge is 0.493 e. The third kappa shape index (κ3) is 8.55. The molecule has 2 fully saturated rings. The van der Waals surface area contributed by atoms with Gasteiger partial charge in [-0.05, 0) is 105 Å². The molecular weight excluding hydrogens is 740 g/mol. The third-order valence-electron chi connectivity index (χ3n) is 10.7. The zero-order valence-corrected chi connectivity index (χ0v) is 33.8. The number of rotatable bonds is 10. The Hall–Kier alpha value is -2.94. The number of carbonyl (C=O) groups is 2. The molecule has 2 unspecified atom stereocenters. The zero-order chi connectivity index (χ0) is 36.7. The van der Waals surface area contributed by atoms with Crippen molar-refractivity contribution in [3.05, 3.63) is 105 Å². The number of hydrogen-bond acceptors (Lipinski definition) is 5. The Labute approximate surface area is 329 Å². The highest BCUT2D eigenvalue weighted by Gasteiger charge is 2.50. The number of amides is 2. The van der Waals surface area contributed by atoms with E-state index in [2.05, 4.69) is 81.5 Å². The lowest BCUT2D eigenvalue weighted by Gasteiger charge is -2.48. The van der Waals surface area contributed by atoms with E-state index in [1.165, 1.54) is 11.1 Å². The minimum Gasteiger partial charge on any atom is -0.493 e. The number of benzene rings is 3. The Balaban J connectivity index is 0.00000523. The smallest absolute Gasteiger partial charge is 0.411 e. The SMILES string of the molecule is Cc1ccccc1CN(C(=O)C1=C(c2ccc(CCOc3c(C)ccc(C)c3C)cc2)CC2CNCC1N2C(=O)OC(C)(C)C(Cl)(Cl)Cl)C1CC1.Cl. The van der Waals surface area contributed by atoms with Crippen LogP contribution < -0.4 is 10.1 Å². The molecule has 6 rings (SSSR count). The fraction of sp³-hybridized carbons (Fsp3) is 0.463. The molecule has 1 saturated carbocycles. The second-order valence-electron chi connectivity index (χ2n) is 14.7. The van der Waals surface area contributed by atoms with Crippen molar-refractivity contribution in [2.45, 2.75) is 101 Å². The molecule has 1 N–H and O–H groups in total. The van der Waals surface area contributed by atoms with E-state index in [4.69, 9.17) is 44.3 Å². The standard InChI is InChI=1S/C41H48Cl3N3O4.ClH/c1-25-11-12-27(3)37(28(25)4)50-20-19-29-13-15-30(16-14-29)34-21-33-22-45-23-35(47(33)39(49)51-40(5,6)41(42,43)44)36(34)38(48)46(32-17-18-32)24-31-10-8-7-9-26(31)2;/h7-16,32-33,35,45H,17-24H2,1-6H3;1H. The molecule has 0 aromatic heterocycles. The summed E-state index contributed by atoms with van der Waals surface area (Å²) in [7, 11) is 0.